The quantitative estimate of drug-likeness (QED) is 0.854. The summed E-state index contributed by atoms with van der Waals surface area (Å²) in [4.78, 5) is 24.9. The van der Waals surface area contributed by atoms with Crippen molar-refractivity contribution < 1.29 is 14.7 Å². The first-order valence-corrected chi connectivity index (χ1v) is 8.01. The molecule has 1 amide bonds. The van der Waals surface area contributed by atoms with Crippen LogP contribution in [0, 0.1) is 5.92 Å². The summed E-state index contributed by atoms with van der Waals surface area (Å²) in [6.45, 7) is 1.65. The SMILES string of the molecule is O=C(O)CCC1CCCN(C(=O)Cn2cc(C3CC3)nn2)C1. The first-order chi connectivity index (χ1) is 10.6. The highest BCUT2D eigenvalue weighted by Crippen LogP contribution is 2.38. The van der Waals surface area contributed by atoms with Gasteiger partial charge in [-0.2, -0.15) is 0 Å². The number of amides is 1. The van der Waals surface area contributed by atoms with Crippen LogP contribution in [0.25, 0.3) is 0 Å². The fraction of sp³-hybridized carbons (Fsp3) is 0.733. The Morgan fingerprint density at radius 3 is 2.86 bits per heavy atom. The molecule has 7 heteroatoms. The van der Waals surface area contributed by atoms with Crippen LogP contribution < -0.4 is 0 Å². The number of piperidine rings is 1. The topological polar surface area (TPSA) is 88.3 Å². The van der Waals surface area contributed by atoms with E-state index < -0.39 is 5.97 Å². The second-order valence-corrected chi connectivity index (χ2v) is 6.40. The number of hydrogen-bond acceptors (Lipinski definition) is 4. The van der Waals surface area contributed by atoms with Crippen LogP contribution in [0.3, 0.4) is 0 Å². The molecule has 0 spiro atoms. The van der Waals surface area contributed by atoms with Gasteiger partial charge in [0.15, 0.2) is 0 Å². The van der Waals surface area contributed by atoms with Crippen molar-refractivity contribution in [2.24, 2.45) is 5.92 Å². The molecule has 1 atom stereocenters. The number of carboxylic acids is 1. The molecule has 1 aliphatic carbocycles. The molecule has 2 aliphatic rings. The number of aliphatic carboxylic acids is 1. The summed E-state index contributed by atoms with van der Waals surface area (Å²) in [6, 6.07) is 0. The van der Waals surface area contributed by atoms with E-state index >= 15 is 0 Å². The van der Waals surface area contributed by atoms with Crippen LogP contribution in [-0.2, 0) is 16.1 Å². The molecule has 1 unspecified atom stereocenters. The van der Waals surface area contributed by atoms with E-state index in [9.17, 15) is 9.59 Å². The van der Waals surface area contributed by atoms with Crippen LogP contribution in [-0.4, -0.2) is 50.0 Å². The second-order valence-electron chi connectivity index (χ2n) is 6.40. The van der Waals surface area contributed by atoms with E-state index in [1.807, 2.05) is 11.1 Å². The molecule has 22 heavy (non-hydrogen) atoms. The van der Waals surface area contributed by atoms with Gasteiger partial charge in [0.05, 0.1) is 5.69 Å². The highest BCUT2D eigenvalue weighted by Gasteiger charge is 2.28. The van der Waals surface area contributed by atoms with Crippen LogP contribution >= 0.6 is 0 Å². The van der Waals surface area contributed by atoms with Gasteiger partial charge < -0.3 is 10.0 Å². The van der Waals surface area contributed by atoms with Gasteiger partial charge in [-0.05, 0) is 38.0 Å². The minimum Gasteiger partial charge on any atom is -0.481 e. The molecular weight excluding hydrogens is 284 g/mol. The van der Waals surface area contributed by atoms with E-state index in [4.69, 9.17) is 5.11 Å². The summed E-state index contributed by atoms with van der Waals surface area (Å²) in [5.74, 6) is 0.122. The third-order valence-corrected chi connectivity index (χ3v) is 4.49. The number of rotatable bonds is 6. The monoisotopic (exact) mass is 306 g/mol. The number of carbonyl (C=O) groups is 2. The minimum absolute atomic E-state index is 0.0484. The molecular formula is C15H22N4O3. The predicted molar refractivity (Wildman–Crippen MR) is 78.2 cm³/mol. The van der Waals surface area contributed by atoms with Crippen LogP contribution in [0.5, 0.6) is 0 Å². The molecule has 1 aromatic heterocycles. The third kappa shape index (κ3) is 3.84. The van der Waals surface area contributed by atoms with Gasteiger partial charge in [0.1, 0.15) is 6.54 Å². The van der Waals surface area contributed by atoms with Crippen molar-refractivity contribution in [2.75, 3.05) is 13.1 Å². The normalized spacial score (nSPS) is 21.8. The summed E-state index contributed by atoms with van der Waals surface area (Å²) in [7, 11) is 0. The van der Waals surface area contributed by atoms with Crippen molar-refractivity contribution in [1.29, 1.82) is 0 Å². The summed E-state index contributed by atoms with van der Waals surface area (Å²) in [6.07, 6.45) is 7.00. The van der Waals surface area contributed by atoms with Gasteiger partial charge in [-0.3, -0.25) is 9.59 Å². The van der Waals surface area contributed by atoms with Crippen molar-refractivity contribution in [2.45, 2.75) is 51.0 Å². The molecule has 7 nitrogen and oxygen atoms in total. The third-order valence-electron chi connectivity index (χ3n) is 4.49. The molecule has 120 valence electrons. The van der Waals surface area contributed by atoms with Gasteiger partial charge in [0.2, 0.25) is 5.91 Å². The van der Waals surface area contributed by atoms with E-state index in [-0.39, 0.29) is 18.9 Å². The fourth-order valence-electron chi connectivity index (χ4n) is 3.05. The van der Waals surface area contributed by atoms with E-state index in [1.165, 1.54) is 12.8 Å². The van der Waals surface area contributed by atoms with E-state index in [2.05, 4.69) is 10.3 Å². The number of nitrogens with zero attached hydrogens (tertiary/aromatic N) is 4. The zero-order valence-corrected chi connectivity index (χ0v) is 12.6. The van der Waals surface area contributed by atoms with E-state index in [0.29, 0.717) is 24.8 Å². The number of hydrogen-bond donors (Lipinski definition) is 1. The summed E-state index contributed by atoms with van der Waals surface area (Å²) in [5.41, 5.74) is 0.991. The van der Waals surface area contributed by atoms with Crippen molar-refractivity contribution in [3.05, 3.63) is 11.9 Å². The van der Waals surface area contributed by atoms with Crippen molar-refractivity contribution in [3.63, 3.8) is 0 Å². The maximum Gasteiger partial charge on any atom is 0.303 e. The first kappa shape index (κ1) is 15.0. The molecule has 2 fully saturated rings. The van der Waals surface area contributed by atoms with Gasteiger partial charge in [0.25, 0.3) is 0 Å². The van der Waals surface area contributed by atoms with Crippen LogP contribution in [0.15, 0.2) is 6.20 Å². The maximum absolute atomic E-state index is 12.4. The van der Waals surface area contributed by atoms with Crippen LogP contribution in [0.2, 0.25) is 0 Å². The van der Waals surface area contributed by atoms with E-state index in [0.717, 1.165) is 25.1 Å². The van der Waals surface area contributed by atoms with Crippen molar-refractivity contribution in [3.8, 4) is 0 Å². The fourth-order valence-corrected chi connectivity index (χ4v) is 3.05. The summed E-state index contributed by atoms with van der Waals surface area (Å²) in [5, 5.41) is 16.9. The average Bonchev–Trinajstić information content (AvgIpc) is 3.26. The standard InChI is InChI=1S/C15H22N4O3/c20-14(10-19-9-13(16-17-19)12-4-5-12)18-7-1-2-11(8-18)3-6-15(21)22/h9,11-12H,1-8,10H2,(H,21,22). The minimum atomic E-state index is -0.765. The summed E-state index contributed by atoms with van der Waals surface area (Å²) < 4.78 is 1.62. The molecule has 1 saturated carbocycles. The molecule has 2 heterocycles. The zero-order chi connectivity index (χ0) is 15.5. The molecule has 3 rings (SSSR count). The average molecular weight is 306 g/mol. The van der Waals surface area contributed by atoms with Crippen molar-refractivity contribution >= 4 is 11.9 Å². The molecule has 1 aliphatic heterocycles. The highest BCUT2D eigenvalue weighted by molar-refractivity contribution is 5.76. The van der Waals surface area contributed by atoms with Gasteiger partial charge in [0, 0.05) is 31.6 Å². The van der Waals surface area contributed by atoms with Gasteiger partial charge in [-0.1, -0.05) is 5.21 Å². The largest absolute Gasteiger partial charge is 0.481 e. The lowest BCUT2D eigenvalue weighted by atomic mass is 9.93. The number of aromatic nitrogens is 3. The number of likely N-dealkylation sites (tertiary alicyclic amines) is 1. The Hall–Kier alpha value is -1.92. The lowest BCUT2D eigenvalue weighted by molar-refractivity contribution is -0.137. The van der Waals surface area contributed by atoms with Crippen LogP contribution in [0.1, 0.15) is 50.1 Å². The maximum atomic E-state index is 12.4. The Labute approximate surface area is 129 Å². The predicted octanol–water partition coefficient (Wildman–Crippen LogP) is 1.26. The first-order valence-electron chi connectivity index (χ1n) is 8.01. The lowest BCUT2D eigenvalue weighted by Gasteiger charge is -2.32. The Bertz CT molecular complexity index is 553. The molecule has 0 radical (unpaired) electrons. The number of carboxylic acid groups (broad SMARTS) is 1. The van der Waals surface area contributed by atoms with Gasteiger partial charge >= 0.3 is 5.97 Å². The smallest absolute Gasteiger partial charge is 0.303 e. The molecule has 0 aromatic carbocycles. The Morgan fingerprint density at radius 1 is 1.32 bits per heavy atom. The number of carbonyl (C=O) groups excluding carboxylic acids is 1. The van der Waals surface area contributed by atoms with Gasteiger partial charge in [-0.25, -0.2) is 4.68 Å². The highest BCUT2D eigenvalue weighted by atomic mass is 16.4. The second kappa shape index (κ2) is 6.46. The zero-order valence-electron chi connectivity index (χ0n) is 12.6. The van der Waals surface area contributed by atoms with E-state index in [1.54, 1.807) is 4.68 Å². The Morgan fingerprint density at radius 2 is 2.14 bits per heavy atom. The molecule has 0 bridgehead atoms. The Kier molecular flexibility index (Phi) is 4.40. The summed E-state index contributed by atoms with van der Waals surface area (Å²) >= 11 is 0. The van der Waals surface area contributed by atoms with Crippen molar-refractivity contribution in [1.82, 2.24) is 19.9 Å². The van der Waals surface area contributed by atoms with Gasteiger partial charge in [-0.15, -0.1) is 5.10 Å². The van der Waals surface area contributed by atoms with Crippen LogP contribution in [0.4, 0.5) is 0 Å². The Balaban J connectivity index is 1.50. The molecule has 1 N–H and O–H groups in total. The molecule has 1 saturated heterocycles. The lowest BCUT2D eigenvalue weighted by Crippen LogP contribution is -2.41. The molecule has 1 aromatic rings.